The fraction of sp³-hybridized carbons (Fsp3) is 0.143. The first-order chi connectivity index (χ1) is 5.41. The molecule has 0 heterocycles. The lowest BCUT2D eigenvalue weighted by Gasteiger charge is -2.12. The Kier molecular flexibility index (Phi) is 3.58. The van der Waals surface area contributed by atoms with Crippen LogP contribution in [0.2, 0.25) is 5.02 Å². The number of benzene rings is 1. The van der Waals surface area contributed by atoms with E-state index in [0.717, 1.165) is 4.47 Å². The molecule has 0 saturated heterocycles. The summed E-state index contributed by atoms with van der Waals surface area (Å²) >= 11 is 26.0. The van der Waals surface area contributed by atoms with Crippen LogP contribution in [-0.2, 0) is 3.79 Å². The van der Waals surface area contributed by atoms with Crippen molar-refractivity contribution in [3.63, 3.8) is 0 Å². The van der Waals surface area contributed by atoms with Crippen LogP contribution in [0.1, 0.15) is 5.56 Å². The molecule has 0 nitrogen and oxygen atoms in total. The van der Waals surface area contributed by atoms with Crippen LogP contribution >= 0.6 is 62.3 Å². The molecule has 0 unspecified atom stereocenters. The summed E-state index contributed by atoms with van der Waals surface area (Å²) in [5, 5.41) is 0.435. The zero-order chi connectivity index (χ0) is 9.35. The van der Waals surface area contributed by atoms with E-state index in [0.29, 0.717) is 10.6 Å². The lowest BCUT2D eigenvalue weighted by Crippen LogP contribution is -2.00. The van der Waals surface area contributed by atoms with E-state index >= 15 is 0 Å². The van der Waals surface area contributed by atoms with Gasteiger partial charge in [-0.25, -0.2) is 0 Å². The Balaban J connectivity index is 3.19. The molecule has 1 aromatic rings. The van der Waals surface area contributed by atoms with Crippen molar-refractivity contribution in [1.29, 1.82) is 0 Å². The summed E-state index contributed by atoms with van der Waals surface area (Å²) in [5.74, 6) is 0. The van der Waals surface area contributed by atoms with Gasteiger partial charge in [0.05, 0.1) is 0 Å². The predicted molar refractivity (Wildman–Crippen MR) is 58.4 cm³/mol. The summed E-state index contributed by atoms with van der Waals surface area (Å²) in [6.45, 7) is 0. The van der Waals surface area contributed by atoms with Gasteiger partial charge in [-0.1, -0.05) is 68.4 Å². The molecule has 1 rings (SSSR count). The Bertz CT molecular complexity index is 292. The van der Waals surface area contributed by atoms with Gasteiger partial charge in [-0.3, -0.25) is 0 Å². The third-order valence-corrected chi connectivity index (χ3v) is 2.65. The van der Waals surface area contributed by atoms with Crippen LogP contribution in [0.4, 0.5) is 0 Å². The summed E-state index contributed by atoms with van der Waals surface area (Å²) in [4.78, 5) is 0. The minimum Gasteiger partial charge on any atom is -0.0838 e. The highest BCUT2D eigenvalue weighted by molar-refractivity contribution is 9.10. The van der Waals surface area contributed by atoms with E-state index in [1.807, 2.05) is 0 Å². The normalized spacial score (nSPS) is 11.8. The van der Waals surface area contributed by atoms with Gasteiger partial charge >= 0.3 is 0 Å². The first kappa shape index (κ1) is 10.9. The molecule has 0 radical (unpaired) electrons. The molecule has 0 aliphatic heterocycles. The fourth-order valence-electron chi connectivity index (χ4n) is 0.719. The number of hydrogen-bond acceptors (Lipinski definition) is 0. The van der Waals surface area contributed by atoms with Gasteiger partial charge in [0.1, 0.15) is 0 Å². The maximum atomic E-state index is 5.83. The van der Waals surface area contributed by atoms with Crippen LogP contribution < -0.4 is 0 Å². The lowest BCUT2D eigenvalue weighted by molar-refractivity contribution is 1.24. The molecule has 66 valence electrons. The Hall–Kier alpha value is 0.860. The van der Waals surface area contributed by atoms with Crippen molar-refractivity contribution in [3.8, 4) is 0 Å². The number of alkyl halides is 3. The van der Waals surface area contributed by atoms with Crippen LogP contribution in [0, 0.1) is 0 Å². The molecular weight excluding hydrogens is 306 g/mol. The Labute approximate surface area is 98.9 Å². The molecule has 0 atom stereocenters. The van der Waals surface area contributed by atoms with Crippen molar-refractivity contribution >= 4 is 62.3 Å². The zero-order valence-corrected chi connectivity index (χ0v) is 10.2. The van der Waals surface area contributed by atoms with E-state index in [1.165, 1.54) is 0 Å². The molecule has 0 aliphatic rings. The molecule has 0 N–H and O–H groups in total. The quantitative estimate of drug-likeness (QED) is 0.596. The van der Waals surface area contributed by atoms with E-state index in [9.17, 15) is 0 Å². The van der Waals surface area contributed by atoms with Crippen molar-refractivity contribution < 1.29 is 0 Å². The summed E-state index contributed by atoms with van der Waals surface area (Å²) in [7, 11) is 0. The molecular formula is C7H3BrCl4. The first-order valence-corrected chi connectivity index (χ1v) is 5.24. The predicted octanol–water partition coefficient (Wildman–Crippen LogP) is 4.93. The lowest BCUT2D eigenvalue weighted by atomic mass is 10.2. The van der Waals surface area contributed by atoms with Crippen LogP contribution in [0.15, 0.2) is 22.7 Å². The van der Waals surface area contributed by atoms with E-state index in [4.69, 9.17) is 46.4 Å². The van der Waals surface area contributed by atoms with Crippen molar-refractivity contribution in [2.75, 3.05) is 0 Å². The molecule has 1 aromatic carbocycles. The Morgan fingerprint density at radius 1 is 1.17 bits per heavy atom. The van der Waals surface area contributed by atoms with Gasteiger partial charge in [0.2, 0.25) is 3.79 Å². The fourth-order valence-corrected chi connectivity index (χ4v) is 2.17. The summed E-state index contributed by atoms with van der Waals surface area (Å²) in [6, 6.07) is 5.11. The van der Waals surface area contributed by atoms with Crippen molar-refractivity contribution in [2.45, 2.75) is 3.79 Å². The second kappa shape index (κ2) is 3.93. The van der Waals surface area contributed by atoms with Crippen molar-refractivity contribution in [2.24, 2.45) is 0 Å². The summed E-state index contributed by atoms with van der Waals surface area (Å²) < 4.78 is -0.608. The highest BCUT2D eigenvalue weighted by atomic mass is 79.9. The maximum Gasteiger partial charge on any atom is 0.217 e. The minimum atomic E-state index is -1.46. The van der Waals surface area contributed by atoms with Crippen LogP contribution in [0.3, 0.4) is 0 Å². The number of rotatable bonds is 0. The molecule has 12 heavy (non-hydrogen) atoms. The molecule has 0 bridgehead atoms. The molecule has 0 aliphatic carbocycles. The van der Waals surface area contributed by atoms with E-state index in [2.05, 4.69) is 15.9 Å². The van der Waals surface area contributed by atoms with Gasteiger partial charge in [-0.15, -0.1) is 0 Å². The summed E-state index contributed by atoms with van der Waals surface area (Å²) in [6.07, 6.45) is 0. The van der Waals surface area contributed by atoms with E-state index < -0.39 is 3.79 Å². The maximum absolute atomic E-state index is 5.83. The molecule has 5 heteroatoms. The topological polar surface area (TPSA) is 0 Å². The third-order valence-electron chi connectivity index (χ3n) is 1.24. The molecule has 0 spiro atoms. The Morgan fingerprint density at radius 3 is 2.17 bits per heavy atom. The summed E-state index contributed by atoms with van der Waals surface area (Å²) in [5.41, 5.74) is 0.484. The van der Waals surface area contributed by atoms with Gasteiger partial charge < -0.3 is 0 Å². The highest BCUT2D eigenvalue weighted by Gasteiger charge is 2.25. The first-order valence-electron chi connectivity index (χ1n) is 2.93. The number of halogens is 5. The van der Waals surface area contributed by atoms with Crippen LogP contribution in [-0.4, -0.2) is 0 Å². The van der Waals surface area contributed by atoms with Gasteiger partial charge in [0.25, 0.3) is 0 Å². The molecule has 0 fully saturated rings. The van der Waals surface area contributed by atoms with E-state index in [-0.39, 0.29) is 0 Å². The smallest absolute Gasteiger partial charge is 0.0838 e. The average molecular weight is 309 g/mol. The third kappa shape index (κ3) is 2.68. The van der Waals surface area contributed by atoms with Gasteiger partial charge in [0.15, 0.2) is 0 Å². The van der Waals surface area contributed by atoms with Crippen LogP contribution in [0.5, 0.6) is 0 Å². The largest absolute Gasteiger partial charge is 0.217 e. The SMILES string of the molecule is Clc1cc(Br)ccc1C(Cl)(Cl)Cl. The van der Waals surface area contributed by atoms with Gasteiger partial charge in [-0.05, 0) is 12.1 Å². The zero-order valence-electron chi connectivity index (χ0n) is 5.62. The highest BCUT2D eigenvalue weighted by Crippen LogP contribution is 2.42. The van der Waals surface area contributed by atoms with Crippen molar-refractivity contribution in [3.05, 3.63) is 33.3 Å². The second-order valence-corrected chi connectivity index (χ2v) is 5.73. The average Bonchev–Trinajstić information content (AvgIpc) is 1.83. The van der Waals surface area contributed by atoms with Gasteiger partial charge in [-0.2, -0.15) is 0 Å². The molecule has 0 aromatic heterocycles. The molecule has 0 amide bonds. The standard InChI is InChI=1S/C7H3BrCl4/c8-4-1-2-5(6(9)3-4)7(10,11)12/h1-3H. The molecule has 0 saturated carbocycles. The number of hydrogen-bond donors (Lipinski definition) is 0. The van der Waals surface area contributed by atoms with Gasteiger partial charge in [0, 0.05) is 15.1 Å². The monoisotopic (exact) mass is 306 g/mol. The van der Waals surface area contributed by atoms with E-state index in [1.54, 1.807) is 18.2 Å². The minimum absolute atomic E-state index is 0.435. The Morgan fingerprint density at radius 2 is 1.75 bits per heavy atom. The van der Waals surface area contributed by atoms with Crippen LogP contribution in [0.25, 0.3) is 0 Å². The second-order valence-electron chi connectivity index (χ2n) is 2.12. The van der Waals surface area contributed by atoms with Crippen molar-refractivity contribution in [1.82, 2.24) is 0 Å².